The van der Waals surface area contributed by atoms with E-state index in [9.17, 15) is 4.79 Å². The van der Waals surface area contributed by atoms with Crippen LogP contribution in [0.15, 0.2) is 30.3 Å². The quantitative estimate of drug-likeness (QED) is 0.757. The molecule has 1 atom stereocenters. The summed E-state index contributed by atoms with van der Waals surface area (Å²) in [5, 5.41) is 2.84. The molecule has 1 unspecified atom stereocenters. The molecule has 1 aromatic carbocycles. The van der Waals surface area contributed by atoms with Crippen LogP contribution in [0.5, 0.6) is 0 Å². The van der Waals surface area contributed by atoms with Crippen molar-refractivity contribution < 1.29 is 4.79 Å². The highest BCUT2D eigenvalue weighted by molar-refractivity contribution is 5.76. The molecule has 1 rings (SSSR count). The fourth-order valence-electron chi connectivity index (χ4n) is 1.31. The Morgan fingerprint density at radius 2 is 2.07 bits per heavy atom. The summed E-state index contributed by atoms with van der Waals surface area (Å²) in [6.45, 7) is 2.39. The number of carbonyl (C=O) groups is 1. The number of rotatable bonds is 5. The van der Waals surface area contributed by atoms with E-state index >= 15 is 0 Å². The average Bonchev–Trinajstić information content (AvgIpc) is 2.27. The van der Waals surface area contributed by atoms with Crippen molar-refractivity contribution in [1.29, 1.82) is 0 Å². The lowest BCUT2D eigenvalue weighted by Gasteiger charge is -2.10. The molecule has 0 saturated carbocycles. The van der Waals surface area contributed by atoms with Crippen molar-refractivity contribution in [3.8, 4) is 0 Å². The van der Waals surface area contributed by atoms with Crippen LogP contribution in [0.25, 0.3) is 0 Å². The van der Waals surface area contributed by atoms with Gasteiger partial charge in [-0.2, -0.15) is 0 Å². The normalized spacial score (nSPS) is 12.1. The number of benzene rings is 1. The molecule has 0 bridgehead atoms. The minimum absolute atomic E-state index is 0.0632. The molecule has 0 aliphatic carbocycles. The van der Waals surface area contributed by atoms with Gasteiger partial charge in [-0.15, -0.1) is 0 Å². The standard InChI is InChI=1S/C12H18N2O/c1-10(9-13)14-12(15)8-7-11-5-3-2-4-6-11/h2-6,10H,7-9,13H2,1H3,(H,14,15). The van der Waals surface area contributed by atoms with E-state index in [4.69, 9.17) is 5.73 Å². The first-order chi connectivity index (χ1) is 7.22. The van der Waals surface area contributed by atoms with E-state index in [-0.39, 0.29) is 11.9 Å². The summed E-state index contributed by atoms with van der Waals surface area (Å²) in [6, 6.07) is 10.1. The maximum absolute atomic E-state index is 11.4. The number of nitrogens with one attached hydrogen (secondary N) is 1. The molecule has 0 radical (unpaired) electrons. The van der Waals surface area contributed by atoms with Gasteiger partial charge in [0.15, 0.2) is 0 Å². The molecule has 0 heterocycles. The van der Waals surface area contributed by atoms with Crippen molar-refractivity contribution in [2.45, 2.75) is 25.8 Å². The lowest BCUT2D eigenvalue weighted by molar-refractivity contribution is -0.121. The van der Waals surface area contributed by atoms with E-state index < -0.39 is 0 Å². The molecule has 0 aromatic heterocycles. The summed E-state index contributed by atoms with van der Waals surface area (Å²) >= 11 is 0. The molecule has 0 spiro atoms. The van der Waals surface area contributed by atoms with Crippen molar-refractivity contribution in [2.75, 3.05) is 6.54 Å². The monoisotopic (exact) mass is 206 g/mol. The molecular weight excluding hydrogens is 188 g/mol. The zero-order valence-electron chi connectivity index (χ0n) is 9.07. The molecule has 3 nitrogen and oxygen atoms in total. The number of aryl methyl sites for hydroxylation is 1. The zero-order chi connectivity index (χ0) is 11.1. The first-order valence-electron chi connectivity index (χ1n) is 5.25. The van der Waals surface area contributed by atoms with Crippen LogP contribution in [0.1, 0.15) is 18.9 Å². The predicted molar refractivity (Wildman–Crippen MR) is 61.4 cm³/mol. The summed E-state index contributed by atoms with van der Waals surface area (Å²) in [5.74, 6) is 0.0665. The molecular formula is C12H18N2O. The van der Waals surface area contributed by atoms with Gasteiger partial charge in [0, 0.05) is 19.0 Å². The lowest BCUT2D eigenvalue weighted by atomic mass is 10.1. The van der Waals surface area contributed by atoms with Gasteiger partial charge < -0.3 is 11.1 Å². The van der Waals surface area contributed by atoms with Crippen molar-refractivity contribution in [3.05, 3.63) is 35.9 Å². The van der Waals surface area contributed by atoms with Crippen LogP contribution < -0.4 is 11.1 Å². The summed E-state index contributed by atoms with van der Waals surface area (Å²) in [4.78, 5) is 11.4. The second-order valence-corrected chi connectivity index (χ2v) is 3.69. The van der Waals surface area contributed by atoms with E-state index in [0.717, 1.165) is 6.42 Å². The zero-order valence-corrected chi connectivity index (χ0v) is 9.07. The van der Waals surface area contributed by atoms with Crippen LogP contribution in [-0.2, 0) is 11.2 Å². The minimum atomic E-state index is 0.0632. The van der Waals surface area contributed by atoms with Crippen LogP contribution in [0.3, 0.4) is 0 Å². The van der Waals surface area contributed by atoms with Gasteiger partial charge in [0.25, 0.3) is 0 Å². The molecule has 3 heteroatoms. The fourth-order valence-corrected chi connectivity index (χ4v) is 1.31. The first-order valence-corrected chi connectivity index (χ1v) is 5.25. The van der Waals surface area contributed by atoms with Gasteiger partial charge in [-0.25, -0.2) is 0 Å². The maximum Gasteiger partial charge on any atom is 0.220 e. The van der Waals surface area contributed by atoms with Crippen LogP contribution in [-0.4, -0.2) is 18.5 Å². The molecule has 1 amide bonds. The molecule has 15 heavy (non-hydrogen) atoms. The van der Waals surface area contributed by atoms with Gasteiger partial charge in [-0.05, 0) is 18.9 Å². The smallest absolute Gasteiger partial charge is 0.220 e. The topological polar surface area (TPSA) is 55.1 Å². The highest BCUT2D eigenvalue weighted by atomic mass is 16.1. The maximum atomic E-state index is 11.4. The lowest BCUT2D eigenvalue weighted by Crippen LogP contribution is -2.37. The highest BCUT2D eigenvalue weighted by Crippen LogP contribution is 2.02. The Kier molecular flexibility index (Phi) is 4.84. The number of hydrogen-bond acceptors (Lipinski definition) is 2. The van der Waals surface area contributed by atoms with Crippen molar-refractivity contribution >= 4 is 5.91 Å². The highest BCUT2D eigenvalue weighted by Gasteiger charge is 2.05. The Labute approximate surface area is 90.7 Å². The van der Waals surface area contributed by atoms with Gasteiger partial charge in [-0.3, -0.25) is 4.79 Å². The predicted octanol–water partition coefficient (Wildman–Crippen LogP) is 1.08. The number of carbonyl (C=O) groups excluding carboxylic acids is 1. The van der Waals surface area contributed by atoms with E-state index in [1.807, 2.05) is 37.3 Å². The molecule has 1 aromatic rings. The molecule has 0 saturated heterocycles. The fraction of sp³-hybridized carbons (Fsp3) is 0.417. The average molecular weight is 206 g/mol. The van der Waals surface area contributed by atoms with Gasteiger partial charge in [-0.1, -0.05) is 30.3 Å². The van der Waals surface area contributed by atoms with Crippen molar-refractivity contribution in [1.82, 2.24) is 5.32 Å². The second-order valence-electron chi connectivity index (χ2n) is 3.69. The first kappa shape index (κ1) is 11.7. The Morgan fingerprint density at radius 1 is 1.40 bits per heavy atom. The Morgan fingerprint density at radius 3 is 2.67 bits per heavy atom. The molecule has 0 aliphatic rings. The van der Waals surface area contributed by atoms with E-state index in [2.05, 4.69) is 5.32 Å². The SMILES string of the molecule is CC(CN)NC(=O)CCc1ccccc1. The second kappa shape index (κ2) is 6.19. The summed E-state index contributed by atoms with van der Waals surface area (Å²) in [5.41, 5.74) is 6.60. The van der Waals surface area contributed by atoms with Gasteiger partial charge in [0.2, 0.25) is 5.91 Å². The summed E-state index contributed by atoms with van der Waals surface area (Å²) < 4.78 is 0. The van der Waals surface area contributed by atoms with Gasteiger partial charge in [0.1, 0.15) is 0 Å². The van der Waals surface area contributed by atoms with E-state index in [1.54, 1.807) is 0 Å². The van der Waals surface area contributed by atoms with Gasteiger partial charge >= 0.3 is 0 Å². The van der Waals surface area contributed by atoms with Crippen molar-refractivity contribution in [3.63, 3.8) is 0 Å². The summed E-state index contributed by atoms with van der Waals surface area (Å²) in [6.07, 6.45) is 1.30. The molecule has 82 valence electrons. The van der Waals surface area contributed by atoms with Crippen LogP contribution in [0.4, 0.5) is 0 Å². The van der Waals surface area contributed by atoms with Crippen LogP contribution in [0, 0.1) is 0 Å². The van der Waals surface area contributed by atoms with E-state index in [1.165, 1.54) is 5.56 Å². The third kappa shape index (κ3) is 4.61. The summed E-state index contributed by atoms with van der Waals surface area (Å²) in [7, 11) is 0. The third-order valence-corrected chi connectivity index (χ3v) is 2.24. The number of hydrogen-bond donors (Lipinski definition) is 2. The Bertz CT molecular complexity index is 298. The third-order valence-electron chi connectivity index (χ3n) is 2.24. The largest absolute Gasteiger partial charge is 0.352 e. The van der Waals surface area contributed by atoms with E-state index in [0.29, 0.717) is 13.0 Å². The van der Waals surface area contributed by atoms with Crippen LogP contribution in [0.2, 0.25) is 0 Å². The Balaban J connectivity index is 2.29. The molecule has 0 aliphatic heterocycles. The van der Waals surface area contributed by atoms with Crippen molar-refractivity contribution in [2.24, 2.45) is 5.73 Å². The van der Waals surface area contributed by atoms with Gasteiger partial charge in [0.05, 0.1) is 0 Å². The minimum Gasteiger partial charge on any atom is -0.352 e. The number of nitrogens with two attached hydrogens (primary N) is 1. The number of amides is 1. The molecule has 3 N–H and O–H groups in total. The molecule has 0 fully saturated rings. The van der Waals surface area contributed by atoms with Crippen LogP contribution >= 0.6 is 0 Å². The Hall–Kier alpha value is -1.35.